The maximum atomic E-state index is 10.6. The first-order valence-electron chi connectivity index (χ1n) is 4.34. The van der Waals surface area contributed by atoms with Gasteiger partial charge in [0.25, 0.3) is 0 Å². The molecule has 0 aromatic heterocycles. The Balaban J connectivity index is 2.66. The fraction of sp³-hybridized carbons (Fsp3) is 0.889. The van der Waals surface area contributed by atoms with E-state index in [-0.39, 0.29) is 17.9 Å². The van der Waals surface area contributed by atoms with Crippen molar-refractivity contribution in [2.75, 3.05) is 0 Å². The Labute approximate surface area is 67.6 Å². The SMILES string of the molecule is CCC1C(O)CC(C)C1C=O. The summed E-state index contributed by atoms with van der Waals surface area (Å²) in [6, 6.07) is 0. The van der Waals surface area contributed by atoms with Crippen molar-refractivity contribution in [1.29, 1.82) is 0 Å². The molecule has 1 rings (SSSR count). The molecule has 0 bridgehead atoms. The van der Waals surface area contributed by atoms with Crippen LogP contribution < -0.4 is 0 Å². The predicted molar refractivity (Wildman–Crippen MR) is 43.1 cm³/mol. The number of aldehydes is 1. The number of hydrogen-bond donors (Lipinski definition) is 1. The van der Waals surface area contributed by atoms with Crippen molar-refractivity contribution in [3.63, 3.8) is 0 Å². The summed E-state index contributed by atoms with van der Waals surface area (Å²) >= 11 is 0. The molecule has 11 heavy (non-hydrogen) atoms. The molecule has 0 aromatic carbocycles. The second-order valence-corrected chi connectivity index (χ2v) is 3.57. The molecule has 2 heteroatoms. The van der Waals surface area contributed by atoms with Gasteiger partial charge in [0.05, 0.1) is 6.10 Å². The van der Waals surface area contributed by atoms with Gasteiger partial charge < -0.3 is 9.90 Å². The van der Waals surface area contributed by atoms with E-state index in [1.165, 1.54) is 0 Å². The minimum atomic E-state index is -0.245. The lowest BCUT2D eigenvalue weighted by Gasteiger charge is -2.16. The first-order chi connectivity index (χ1) is 5.20. The Kier molecular flexibility index (Phi) is 2.66. The van der Waals surface area contributed by atoms with Crippen LogP contribution in [0.2, 0.25) is 0 Å². The second kappa shape index (κ2) is 3.35. The molecule has 0 spiro atoms. The van der Waals surface area contributed by atoms with Crippen LogP contribution in [0.5, 0.6) is 0 Å². The molecule has 1 aliphatic carbocycles. The topological polar surface area (TPSA) is 37.3 Å². The van der Waals surface area contributed by atoms with E-state index in [1.54, 1.807) is 0 Å². The lowest BCUT2D eigenvalue weighted by atomic mass is 9.90. The van der Waals surface area contributed by atoms with Crippen LogP contribution in [0.1, 0.15) is 26.7 Å². The third kappa shape index (κ3) is 1.45. The van der Waals surface area contributed by atoms with Crippen molar-refractivity contribution in [2.24, 2.45) is 17.8 Å². The standard InChI is InChI=1S/C9H16O2/c1-3-7-8(5-10)6(2)4-9(7)11/h5-9,11H,3-4H2,1-2H3. The summed E-state index contributed by atoms with van der Waals surface area (Å²) in [5.41, 5.74) is 0. The Morgan fingerprint density at radius 2 is 2.27 bits per heavy atom. The first-order valence-corrected chi connectivity index (χ1v) is 4.34. The first kappa shape index (κ1) is 8.72. The molecule has 0 heterocycles. The van der Waals surface area contributed by atoms with Crippen LogP contribution in [-0.4, -0.2) is 17.5 Å². The normalized spacial score (nSPS) is 44.3. The Hall–Kier alpha value is -0.370. The molecule has 1 aliphatic rings. The smallest absolute Gasteiger partial charge is 0.123 e. The van der Waals surface area contributed by atoms with Gasteiger partial charge in [-0.2, -0.15) is 0 Å². The molecule has 64 valence electrons. The van der Waals surface area contributed by atoms with E-state index >= 15 is 0 Å². The summed E-state index contributed by atoms with van der Waals surface area (Å²) in [7, 11) is 0. The molecule has 0 radical (unpaired) electrons. The third-order valence-electron chi connectivity index (χ3n) is 2.89. The number of carbonyl (C=O) groups excluding carboxylic acids is 1. The summed E-state index contributed by atoms with van der Waals surface area (Å²) < 4.78 is 0. The minimum absolute atomic E-state index is 0.0926. The highest BCUT2D eigenvalue weighted by atomic mass is 16.3. The van der Waals surface area contributed by atoms with Crippen molar-refractivity contribution < 1.29 is 9.90 Å². The van der Waals surface area contributed by atoms with Gasteiger partial charge in [0.2, 0.25) is 0 Å². The van der Waals surface area contributed by atoms with E-state index in [0.717, 1.165) is 19.1 Å². The van der Waals surface area contributed by atoms with Crippen molar-refractivity contribution in [1.82, 2.24) is 0 Å². The fourth-order valence-corrected chi connectivity index (χ4v) is 2.17. The van der Waals surface area contributed by atoms with E-state index in [0.29, 0.717) is 5.92 Å². The monoisotopic (exact) mass is 156 g/mol. The van der Waals surface area contributed by atoms with Gasteiger partial charge in [-0.25, -0.2) is 0 Å². The van der Waals surface area contributed by atoms with Gasteiger partial charge in [-0.15, -0.1) is 0 Å². The molecule has 2 nitrogen and oxygen atoms in total. The van der Waals surface area contributed by atoms with E-state index in [1.807, 2.05) is 13.8 Å². The van der Waals surface area contributed by atoms with Crippen molar-refractivity contribution in [3.05, 3.63) is 0 Å². The zero-order valence-electron chi connectivity index (χ0n) is 7.16. The molecule has 0 aliphatic heterocycles. The Bertz CT molecular complexity index is 144. The minimum Gasteiger partial charge on any atom is -0.393 e. The largest absolute Gasteiger partial charge is 0.393 e. The third-order valence-corrected chi connectivity index (χ3v) is 2.89. The average Bonchev–Trinajstić information content (AvgIpc) is 2.24. The fourth-order valence-electron chi connectivity index (χ4n) is 2.17. The Morgan fingerprint density at radius 3 is 2.64 bits per heavy atom. The van der Waals surface area contributed by atoms with Crippen LogP contribution in [0.4, 0.5) is 0 Å². The van der Waals surface area contributed by atoms with Crippen LogP contribution in [0.15, 0.2) is 0 Å². The molecule has 4 unspecified atom stereocenters. The summed E-state index contributed by atoms with van der Waals surface area (Å²) in [6.07, 6.45) is 2.47. The molecule has 0 saturated heterocycles. The van der Waals surface area contributed by atoms with Crippen molar-refractivity contribution in [3.8, 4) is 0 Å². The predicted octanol–water partition coefficient (Wildman–Crippen LogP) is 1.23. The van der Waals surface area contributed by atoms with E-state index in [4.69, 9.17) is 0 Å². The number of rotatable bonds is 2. The van der Waals surface area contributed by atoms with Crippen LogP contribution in [-0.2, 0) is 4.79 Å². The number of hydrogen-bond acceptors (Lipinski definition) is 2. The molecule has 4 atom stereocenters. The summed E-state index contributed by atoms with van der Waals surface area (Å²) in [5, 5.41) is 9.50. The van der Waals surface area contributed by atoms with Crippen molar-refractivity contribution in [2.45, 2.75) is 32.8 Å². The number of aliphatic hydroxyl groups excluding tert-OH is 1. The molecular weight excluding hydrogens is 140 g/mol. The molecule has 1 N–H and O–H groups in total. The number of carbonyl (C=O) groups is 1. The summed E-state index contributed by atoms with van der Waals surface area (Å²) in [4.78, 5) is 10.6. The molecule has 0 amide bonds. The van der Waals surface area contributed by atoms with Crippen LogP contribution in [0, 0.1) is 17.8 Å². The lowest BCUT2D eigenvalue weighted by molar-refractivity contribution is -0.113. The van der Waals surface area contributed by atoms with Gasteiger partial charge >= 0.3 is 0 Å². The highest BCUT2D eigenvalue weighted by Gasteiger charge is 2.38. The summed E-state index contributed by atoms with van der Waals surface area (Å²) in [6.45, 7) is 4.07. The van der Waals surface area contributed by atoms with Gasteiger partial charge in [-0.3, -0.25) is 0 Å². The summed E-state index contributed by atoms with van der Waals surface area (Å²) in [5.74, 6) is 0.671. The molecular formula is C9H16O2. The zero-order chi connectivity index (χ0) is 8.43. The van der Waals surface area contributed by atoms with Gasteiger partial charge in [0.1, 0.15) is 6.29 Å². The highest BCUT2D eigenvalue weighted by Crippen LogP contribution is 2.37. The van der Waals surface area contributed by atoms with Crippen LogP contribution in [0.3, 0.4) is 0 Å². The Morgan fingerprint density at radius 1 is 1.64 bits per heavy atom. The maximum absolute atomic E-state index is 10.6. The van der Waals surface area contributed by atoms with E-state index in [9.17, 15) is 9.90 Å². The zero-order valence-corrected chi connectivity index (χ0v) is 7.16. The highest BCUT2D eigenvalue weighted by molar-refractivity contribution is 5.55. The number of aliphatic hydroxyl groups is 1. The van der Waals surface area contributed by atoms with Crippen molar-refractivity contribution >= 4 is 6.29 Å². The van der Waals surface area contributed by atoms with Gasteiger partial charge in [-0.05, 0) is 18.3 Å². The maximum Gasteiger partial charge on any atom is 0.123 e. The van der Waals surface area contributed by atoms with Gasteiger partial charge in [0.15, 0.2) is 0 Å². The quantitative estimate of drug-likeness (QED) is 0.610. The molecule has 1 saturated carbocycles. The van der Waals surface area contributed by atoms with E-state index in [2.05, 4.69) is 0 Å². The average molecular weight is 156 g/mol. The van der Waals surface area contributed by atoms with Gasteiger partial charge in [0, 0.05) is 5.92 Å². The second-order valence-electron chi connectivity index (χ2n) is 3.57. The van der Waals surface area contributed by atoms with E-state index < -0.39 is 0 Å². The molecule has 1 fully saturated rings. The van der Waals surface area contributed by atoms with Crippen LogP contribution >= 0.6 is 0 Å². The van der Waals surface area contributed by atoms with Gasteiger partial charge in [-0.1, -0.05) is 20.3 Å². The molecule has 0 aromatic rings. The lowest BCUT2D eigenvalue weighted by Crippen LogP contribution is -2.19. The van der Waals surface area contributed by atoms with Crippen LogP contribution in [0.25, 0.3) is 0 Å².